The molecule has 3 rings (SSSR count). The Morgan fingerprint density at radius 3 is 2.00 bits per heavy atom. The Kier molecular flexibility index (Phi) is 13.5. The quantitative estimate of drug-likeness (QED) is 0.168. The van der Waals surface area contributed by atoms with Gasteiger partial charge in [0.1, 0.15) is 16.7 Å². The number of carbonyl (C=O) groups excluding carboxylic acids is 4. The van der Waals surface area contributed by atoms with E-state index < -0.39 is 63.6 Å². The first-order chi connectivity index (χ1) is 21.5. The van der Waals surface area contributed by atoms with Crippen molar-refractivity contribution in [3.8, 4) is 10.6 Å². The second kappa shape index (κ2) is 17.3. The summed E-state index contributed by atoms with van der Waals surface area (Å²) >= 11 is 1.19. The van der Waals surface area contributed by atoms with Crippen LogP contribution in [0.2, 0.25) is 0 Å². The van der Waals surface area contributed by atoms with Crippen LogP contribution in [0.5, 0.6) is 0 Å². The highest BCUT2D eigenvalue weighted by atomic mass is 32.1. The second-order valence-electron chi connectivity index (χ2n) is 8.97. The van der Waals surface area contributed by atoms with Crippen molar-refractivity contribution in [2.75, 3.05) is 59.1 Å². The number of carboxylic acid groups (broad SMARTS) is 1. The number of thiazole rings is 1. The number of piperazine rings is 1. The van der Waals surface area contributed by atoms with Gasteiger partial charge in [0.15, 0.2) is 0 Å². The monoisotopic (exact) mass is 672 g/mol. The summed E-state index contributed by atoms with van der Waals surface area (Å²) in [5.41, 5.74) is 0.736. The van der Waals surface area contributed by atoms with Gasteiger partial charge < -0.3 is 39.2 Å². The summed E-state index contributed by atoms with van der Waals surface area (Å²) in [5, 5.41) is 13.8. The van der Waals surface area contributed by atoms with Crippen LogP contribution in [0.25, 0.3) is 10.6 Å². The fourth-order valence-corrected chi connectivity index (χ4v) is 6.06. The zero-order valence-corrected chi connectivity index (χ0v) is 26.2. The van der Waals surface area contributed by atoms with E-state index in [0.29, 0.717) is 5.01 Å². The zero-order chi connectivity index (χ0) is 32.8. The van der Waals surface area contributed by atoms with Gasteiger partial charge in [0.05, 0.1) is 19.4 Å². The number of ether oxygens (including phenoxy) is 4. The minimum atomic E-state index is -4.50. The van der Waals surface area contributed by atoms with Gasteiger partial charge in [-0.1, -0.05) is 30.3 Å². The number of aromatic nitrogens is 1. The van der Waals surface area contributed by atoms with Crippen LogP contribution in [0.4, 0.5) is 14.4 Å². The molecule has 0 saturated carbocycles. The van der Waals surface area contributed by atoms with Crippen LogP contribution in [0.1, 0.15) is 24.3 Å². The van der Waals surface area contributed by atoms with Crippen molar-refractivity contribution < 1.29 is 61.6 Å². The maximum atomic E-state index is 13.8. The third-order valence-corrected chi connectivity index (χ3v) is 8.71. The molecule has 3 amide bonds. The van der Waals surface area contributed by atoms with Crippen molar-refractivity contribution in [3.63, 3.8) is 0 Å². The highest BCUT2D eigenvalue weighted by Crippen LogP contribution is 2.49. The fraction of sp³-hybridized carbons (Fsp3) is 0.462. The minimum Gasteiger partial charge on any atom is -0.465 e. The molecule has 1 aromatic carbocycles. The molecule has 2 N–H and O–H groups in total. The lowest BCUT2D eigenvalue weighted by atomic mass is 10.2. The predicted octanol–water partition coefficient (Wildman–Crippen LogP) is 3.22. The molecule has 0 aliphatic carbocycles. The molecular formula is C26H33N4O13PS. The third-order valence-electron chi connectivity index (χ3n) is 6.01. The van der Waals surface area contributed by atoms with Gasteiger partial charge in [-0.15, -0.1) is 11.3 Å². The van der Waals surface area contributed by atoms with E-state index in [1.54, 1.807) is 0 Å². The first-order valence-corrected chi connectivity index (χ1v) is 16.2. The molecule has 0 bridgehead atoms. The molecule has 2 aromatic rings. The van der Waals surface area contributed by atoms with E-state index in [4.69, 9.17) is 18.5 Å². The van der Waals surface area contributed by atoms with Crippen LogP contribution in [0.15, 0.2) is 35.7 Å². The van der Waals surface area contributed by atoms with Gasteiger partial charge in [0.2, 0.25) is 19.5 Å². The lowest BCUT2D eigenvalue weighted by molar-refractivity contribution is -0.134. The summed E-state index contributed by atoms with van der Waals surface area (Å²) in [6, 6.07) is 7.51. The Morgan fingerprint density at radius 2 is 1.47 bits per heavy atom. The van der Waals surface area contributed by atoms with Crippen molar-refractivity contribution >= 4 is 49.2 Å². The van der Waals surface area contributed by atoms with E-state index in [2.05, 4.69) is 19.8 Å². The van der Waals surface area contributed by atoms with Crippen LogP contribution < -0.4 is 5.32 Å². The average Bonchev–Trinajstić information content (AvgIpc) is 3.52. The van der Waals surface area contributed by atoms with Crippen LogP contribution in [-0.4, -0.2) is 115 Å². The number of amides is 3. The first-order valence-electron chi connectivity index (χ1n) is 13.6. The smallest absolute Gasteiger partial charge is 0.465 e. The summed E-state index contributed by atoms with van der Waals surface area (Å²) in [6.45, 7) is 1.13. The van der Waals surface area contributed by atoms with E-state index in [9.17, 15) is 33.6 Å². The number of nitrogens with one attached hydrogen (secondary N) is 1. The maximum absolute atomic E-state index is 13.8. The van der Waals surface area contributed by atoms with Crippen molar-refractivity contribution in [2.24, 2.45) is 0 Å². The van der Waals surface area contributed by atoms with E-state index in [0.717, 1.165) is 10.5 Å². The lowest BCUT2D eigenvalue weighted by Gasteiger charge is -2.35. The lowest BCUT2D eigenvalue weighted by Crippen LogP contribution is -2.56. The molecule has 2 heterocycles. The molecule has 1 aliphatic rings. The molecule has 1 aromatic heterocycles. The van der Waals surface area contributed by atoms with Crippen LogP contribution in [0.3, 0.4) is 0 Å². The summed E-state index contributed by atoms with van der Waals surface area (Å²) in [5.74, 6) is -1.51. The summed E-state index contributed by atoms with van der Waals surface area (Å²) < 4.78 is 42.9. The Hall–Kier alpha value is -4.25. The molecule has 1 fully saturated rings. The van der Waals surface area contributed by atoms with Gasteiger partial charge in [-0.3, -0.25) is 23.2 Å². The molecule has 246 valence electrons. The molecule has 0 unspecified atom stereocenters. The number of hydrogen-bond donors (Lipinski definition) is 2. The third kappa shape index (κ3) is 11.0. The number of carbonyl (C=O) groups is 5. The molecule has 45 heavy (non-hydrogen) atoms. The Balaban J connectivity index is 1.83. The highest BCUT2D eigenvalue weighted by molar-refractivity contribution is 7.54. The van der Waals surface area contributed by atoms with Gasteiger partial charge in [-0.05, 0) is 13.8 Å². The molecule has 17 nitrogen and oxygen atoms in total. The first kappa shape index (κ1) is 35.2. The van der Waals surface area contributed by atoms with Gasteiger partial charge in [-0.2, -0.15) is 0 Å². The summed E-state index contributed by atoms with van der Waals surface area (Å²) in [6.07, 6.45) is -4.23. The molecule has 0 spiro atoms. The van der Waals surface area contributed by atoms with E-state index in [1.807, 2.05) is 30.3 Å². The number of benzene rings is 1. The van der Waals surface area contributed by atoms with Crippen molar-refractivity contribution in [1.29, 1.82) is 0 Å². The van der Waals surface area contributed by atoms with Crippen LogP contribution in [0, 0.1) is 0 Å². The van der Waals surface area contributed by atoms with Crippen LogP contribution >= 0.6 is 18.9 Å². The predicted molar refractivity (Wildman–Crippen MR) is 156 cm³/mol. The highest BCUT2D eigenvalue weighted by Gasteiger charge is 2.38. The van der Waals surface area contributed by atoms with E-state index in [1.165, 1.54) is 35.5 Å². The average molecular weight is 673 g/mol. The normalized spacial score (nSPS) is 13.8. The fourth-order valence-electron chi connectivity index (χ4n) is 3.84. The molecule has 1 atom stereocenters. The molecule has 19 heteroatoms. The number of hydrogen-bond acceptors (Lipinski definition) is 14. The van der Waals surface area contributed by atoms with Gasteiger partial charge in [0, 0.05) is 37.1 Å². The topological polar surface area (TPSA) is 209 Å². The largest absolute Gasteiger partial charge is 0.510 e. The van der Waals surface area contributed by atoms with Gasteiger partial charge in [-0.25, -0.2) is 19.4 Å². The molecular weight excluding hydrogens is 639 g/mol. The van der Waals surface area contributed by atoms with Crippen LogP contribution in [-0.2, 0) is 37.4 Å². The Morgan fingerprint density at radius 1 is 0.911 bits per heavy atom. The Bertz CT molecular complexity index is 1340. The summed E-state index contributed by atoms with van der Waals surface area (Å²) in [4.78, 5) is 68.3. The molecule has 0 radical (unpaired) electrons. The standard InChI is InChI=1S/C26H33N4O13PS/c1-3-38-25(35)40-16-42-44(37,43-17-41-26(36)39-4-2)14-19(23(32)29-10-12-30(13-11-29)24(33)34)27-21(31)20-15-45-22(28-20)18-8-6-5-7-9-18/h5-9,15,19H,3-4,10-14,16-17H2,1-2H3,(H,27,31)(H,33,34)/t19-/m0/s1. The van der Waals surface area contributed by atoms with E-state index in [-0.39, 0.29) is 45.1 Å². The van der Waals surface area contributed by atoms with Crippen molar-refractivity contribution in [1.82, 2.24) is 20.1 Å². The number of nitrogens with zero attached hydrogens (tertiary/aromatic N) is 3. The van der Waals surface area contributed by atoms with Crippen molar-refractivity contribution in [3.05, 3.63) is 41.4 Å². The summed E-state index contributed by atoms with van der Waals surface area (Å²) in [7, 11) is -4.50. The van der Waals surface area contributed by atoms with E-state index >= 15 is 0 Å². The molecule has 1 saturated heterocycles. The zero-order valence-electron chi connectivity index (χ0n) is 24.4. The van der Waals surface area contributed by atoms with Gasteiger partial charge in [0.25, 0.3) is 5.91 Å². The Labute approximate surface area is 261 Å². The number of rotatable bonds is 14. The molecule has 1 aliphatic heterocycles. The minimum absolute atomic E-state index is 0.000315. The second-order valence-corrected chi connectivity index (χ2v) is 11.9. The van der Waals surface area contributed by atoms with Crippen molar-refractivity contribution in [2.45, 2.75) is 19.9 Å². The van der Waals surface area contributed by atoms with Gasteiger partial charge >= 0.3 is 26.0 Å². The SMILES string of the molecule is CCOC(=O)OCOP(=O)(C[C@H](NC(=O)c1csc(-c2ccccc2)n1)C(=O)N1CCN(C(=O)O)CC1)OCOC(=O)OCC. The maximum Gasteiger partial charge on any atom is 0.510 e.